The van der Waals surface area contributed by atoms with Gasteiger partial charge in [-0.25, -0.2) is 0 Å². The van der Waals surface area contributed by atoms with E-state index in [1.165, 1.54) is 36.1 Å². The molecular weight excluding hydrogens is 218 g/mol. The average molecular weight is 237 g/mol. The maximum atomic E-state index is 4.58. The number of fused-ring (bicyclic) bond motifs is 2. The summed E-state index contributed by atoms with van der Waals surface area (Å²) in [4.78, 5) is 4.58. The van der Waals surface area contributed by atoms with Crippen LogP contribution in [0, 0.1) is 5.92 Å². The highest BCUT2D eigenvalue weighted by Gasteiger charge is 2.17. The molecule has 92 valence electrons. The van der Waals surface area contributed by atoms with Crippen molar-refractivity contribution in [1.29, 1.82) is 0 Å². The first-order valence-corrected chi connectivity index (χ1v) is 6.89. The van der Waals surface area contributed by atoms with Crippen LogP contribution in [0.1, 0.15) is 25.7 Å². The van der Waals surface area contributed by atoms with Gasteiger partial charge < -0.3 is 0 Å². The lowest BCUT2D eigenvalue weighted by Crippen LogP contribution is -2.24. The molecule has 1 unspecified atom stereocenters. The zero-order chi connectivity index (χ0) is 12.2. The number of benzene rings is 1. The molecule has 0 aromatic heterocycles. The molecule has 1 aromatic rings. The quantitative estimate of drug-likeness (QED) is 0.657. The Morgan fingerprint density at radius 3 is 2.67 bits per heavy atom. The Bertz CT molecular complexity index is 592. The van der Waals surface area contributed by atoms with Crippen LogP contribution in [-0.4, -0.2) is 12.8 Å². The third-order valence-corrected chi connectivity index (χ3v) is 3.95. The molecule has 1 heterocycles. The van der Waals surface area contributed by atoms with Crippen LogP contribution in [0.25, 0.3) is 12.2 Å². The molecule has 1 atom stereocenters. The monoisotopic (exact) mass is 237 g/mol. The SMILES string of the molecule is C1=NCC2CCCCC2=CC=c2ccccc2=C1. The predicted octanol–water partition coefficient (Wildman–Crippen LogP) is 2.45. The molecular formula is C17H19N. The first kappa shape index (κ1) is 11.5. The van der Waals surface area contributed by atoms with Gasteiger partial charge in [0, 0.05) is 12.8 Å². The molecule has 3 rings (SSSR count). The molecule has 0 saturated heterocycles. The summed E-state index contributed by atoms with van der Waals surface area (Å²) in [5.74, 6) is 0.671. The molecule has 1 heteroatoms. The van der Waals surface area contributed by atoms with E-state index in [9.17, 15) is 0 Å². The molecule has 1 aliphatic heterocycles. The van der Waals surface area contributed by atoms with Crippen molar-refractivity contribution in [2.24, 2.45) is 10.9 Å². The second-order valence-electron chi connectivity index (χ2n) is 5.16. The summed E-state index contributed by atoms with van der Waals surface area (Å²) in [5.41, 5.74) is 1.59. The Labute approximate surface area is 108 Å². The largest absolute Gasteiger partial charge is 0.293 e. The van der Waals surface area contributed by atoms with Gasteiger partial charge in [0.2, 0.25) is 0 Å². The van der Waals surface area contributed by atoms with Crippen molar-refractivity contribution in [3.8, 4) is 0 Å². The number of rotatable bonds is 0. The second-order valence-corrected chi connectivity index (χ2v) is 5.16. The van der Waals surface area contributed by atoms with Crippen molar-refractivity contribution in [1.82, 2.24) is 0 Å². The minimum Gasteiger partial charge on any atom is -0.293 e. The summed E-state index contributed by atoms with van der Waals surface area (Å²) in [7, 11) is 0. The lowest BCUT2D eigenvalue weighted by atomic mass is 9.84. The van der Waals surface area contributed by atoms with E-state index in [4.69, 9.17) is 0 Å². The van der Waals surface area contributed by atoms with Crippen LogP contribution in [0.4, 0.5) is 0 Å². The summed E-state index contributed by atoms with van der Waals surface area (Å²) >= 11 is 0. The number of nitrogens with zero attached hydrogens (tertiary/aromatic N) is 1. The summed E-state index contributed by atoms with van der Waals surface area (Å²) in [6.45, 7) is 0.957. The minimum atomic E-state index is 0.671. The van der Waals surface area contributed by atoms with Gasteiger partial charge in [-0.05, 0) is 41.7 Å². The molecule has 0 spiro atoms. The molecule has 1 saturated carbocycles. The second kappa shape index (κ2) is 5.34. The molecule has 0 amide bonds. The van der Waals surface area contributed by atoms with Crippen molar-refractivity contribution in [3.05, 3.63) is 46.4 Å². The number of allylic oxidation sites excluding steroid dienone is 1. The van der Waals surface area contributed by atoms with E-state index < -0.39 is 0 Å². The van der Waals surface area contributed by atoms with Crippen molar-refractivity contribution in [2.75, 3.05) is 6.54 Å². The van der Waals surface area contributed by atoms with E-state index >= 15 is 0 Å². The lowest BCUT2D eigenvalue weighted by Gasteiger charge is -2.23. The summed E-state index contributed by atoms with van der Waals surface area (Å²) in [6.07, 6.45) is 14.0. The Hall–Kier alpha value is -1.63. The van der Waals surface area contributed by atoms with Gasteiger partial charge >= 0.3 is 0 Å². The molecule has 1 nitrogen and oxygen atoms in total. The Balaban J connectivity index is 2.11. The van der Waals surface area contributed by atoms with E-state index in [-0.39, 0.29) is 0 Å². The summed E-state index contributed by atoms with van der Waals surface area (Å²) < 4.78 is 0. The Morgan fingerprint density at radius 2 is 1.78 bits per heavy atom. The molecule has 1 aliphatic carbocycles. The molecule has 2 aliphatic rings. The van der Waals surface area contributed by atoms with Crippen LogP contribution in [0.3, 0.4) is 0 Å². The first-order chi connectivity index (χ1) is 8.93. The maximum Gasteiger partial charge on any atom is 0.0454 e. The highest BCUT2D eigenvalue weighted by atomic mass is 14.7. The molecule has 0 N–H and O–H groups in total. The third kappa shape index (κ3) is 2.45. The third-order valence-electron chi connectivity index (χ3n) is 3.95. The van der Waals surface area contributed by atoms with Crippen molar-refractivity contribution in [3.63, 3.8) is 0 Å². The van der Waals surface area contributed by atoms with Gasteiger partial charge in [-0.15, -0.1) is 0 Å². The standard InChI is InChI=1S/C17H19N/c1-2-7-16-11-12-18-13-17-8-4-3-6-15(17)10-9-14(16)5-1/h1-2,5,7,9-12,17H,3-4,6,8,13H2. The number of hydrogen-bond donors (Lipinski definition) is 0. The molecule has 1 fully saturated rings. The van der Waals surface area contributed by atoms with Crippen LogP contribution < -0.4 is 10.4 Å². The normalized spacial score (nSPS) is 22.9. The highest BCUT2D eigenvalue weighted by molar-refractivity contribution is 5.90. The Morgan fingerprint density at radius 1 is 0.944 bits per heavy atom. The van der Waals surface area contributed by atoms with E-state index in [1.807, 2.05) is 6.21 Å². The number of hydrogen-bond acceptors (Lipinski definition) is 1. The lowest BCUT2D eigenvalue weighted by molar-refractivity contribution is 0.462. The van der Waals surface area contributed by atoms with Gasteiger partial charge in [-0.3, -0.25) is 4.99 Å². The van der Waals surface area contributed by atoms with Crippen molar-refractivity contribution in [2.45, 2.75) is 25.7 Å². The fourth-order valence-electron chi connectivity index (χ4n) is 2.87. The predicted molar refractivity (Wildman–Crippen MR) is 78.0 cm³/mol. The number of aliphatic imine (C=N–C) groups is 1. The Kier molecular flexibility index (Phi) is 3.40. The smallest absolute Gasteiger partial charge is 0.0454 e. The van der Waals surface area contributed by atoms with E-state index in [0.29, 0.717) is 5.92 Å². The fraction of sp³-hybridized carbons (Fsp3) is 0.353. The van der Waals surface area contributed by atoms with Gasteiger partial charge in [0.25, 0.3) is 0 Å². The molecule has 18 heavy (non-hydrogen) atoms. The van der Waals surface area contributed by atoms with Gasteiger partial charge in [0.15, 0.2) is 0 Å². The van der Waals surface area contributed by atoms with Gasteiger partial charge in [0.05, 0.1) is 0 Å². The van der Waals surface area contributed by atoms with Gasteiger partial charge in [0.1, 0.15) is 0 Å². The fourth-order valence-corrected chi connectivity index (χ4v) is 2.87. The maximum absolute atomic E-state index is 4.58. The van der Waals surface area contributed by atoms with E-state index in [0.717, 1.165) is 6.54 Å². The van der Waals surface area contributed by atoms with Crippen LogP contribution in [0.2, 0.25) is 0 Å². The van der Waals surface area contributed by atoms with Crippen LogP contribution in [-0.2, 0) is 0 Å². The van der Waals surface area contributed by atoms with Crippen LogP contribution in [0.5, 0.6) is 0 Å². The topological polar surface area (TPSA) is 12.4 Å². The zero-order valence-corrected chi connectivity index (χ0v) is 10.7. The van der Waals surface area contributed by atoms with Gasteiger partial charge in [-0.2, -0.15) is 0 Å². The van der Waals surface area contributed by atoms with Crippen LogP contribution >= 0.6 is 0 Å². The van der Waals surface area contributed by atoms with Crippen molar-refractivity contribution >= 4 is 18.4 Å². The molecule has 0 radical (unpaired) electrons. The zero-order valence-electron chi connectivity index (χ0n) is 10.7. The van der Waals surface area contributed by atoms with Crippen molar-refractivity contribution < 1.29 is 0 Å². The van der Waals surface area contributed by atoms with E-state index in [1.54, 1.807) is 5.57 Å². The average Bonchev–Trinajstić information content (AvgIpc) is 2.44. The molecule has 0 bridgehead atoms. The first-order valence-electron chi connectivity index (χ1n) is 6.89. The van der Waals surface area contributed by atoms with E-state index in [2.05, 4.69) is 47.5 Å². The molecule has 1 aromatic carbocycles. The van der Waals surface area contributed by atoms with Gasteiger partial charge in [-0.1, -0.05) is 48.4 Å². The summed E-state index contributed by atoms with van der Waals surface area (Å²) in [5, 5.41) is 2.55. The minimum absolute atomic E-state index is 0.671. The highest BCUT2D eigenvalue weighted by Crippen LogP contribution is 2.29. The van der Waals surface area contributed by atoms with Crippen LogP contribution in [0.15, 0.2) is 40.9 Å². The summed E-state index contributed by atoms with van der Waals surface area (Å²) in [6, 6.07) is 8.51.